The fourth-order valence-electron chi connectivity index (χ4n) is 3.42. The molecule has 0 bridgehead atoms. The third-order valence-corrected chi connectivity index (χ3v) is 4.65. The molecule has 0 aliphatic rings. The molecule has 7 heteroatoms. The van der Waals surface area contributed by atoms with E-state index < -0.39 is 0 Å². The average Bonchev–Trinajstić information content (AvgIpc) is 2.67. The smallest absolute Gasteiger partial charge is 0.230 e. The molecule has 1 heterocycles. The number of azo groups is 1. The number of phenols is 1. The van der Waals surface area contributed by atoms with E-state index >= 15 is 0 Å². The van der Waals surface area contributed by atoms with Crippen LogP contribution in [-0.4, -0.2) is 20.1 Å². The number of aryl methyl sites for hydroxylation is 4. The molecule has 0 aliphatic carbocycles. The Hall–Kier alpha value is -3.87. The van der Waals surface area contributed by atoms with Gasteiger partial charge in [0.15, 0.2) is 5.75 Å². The Morgan fingerprint density at radius 3 is 2.23 bits per heavy atom. The van der Waals surface area contributed by atoms with Crippen molar-refractivity contribution in [1.29, 1.82) is 0 Å². The second-order valence-electron chi connectivity index (χ2n) is 7.22. The summed E-state index contributed by atoms with van der Waals surface area (Å²) in [5, 5.41) is 24.5. The molecule has 0 radical (unpaired) electrons. The Balaban J connectivity index is 1.85. The lowest BCUT2D eigenvalue weighted by atomic mass is 10.0. The average molecular weight is 398 g/mol. The van der Waals surface area contributed by atoms with E-state index in [1.807, 2.05) is 76.2 Å². The number of anilines is 2. The predicted octanol–water partition coefficient (Wildman–Crippen LogP) is 6.12. The Morgan fingerprint density at radius 2 is 1.53 bits per heavy atom. The molecule has 1 aromatic heterocycles. The van der Waals surface area contributed by atoms with Crippen LogP contribution in [0.25, 0.3) is 10.8 Å². The molecule has 0 spiro atoms. The fraction of sp³-hybridized carbons (Fsp3) is 0.174. The summed E-state index contributed by atoms with van der Waals surface area (Å²) in [6.07, 6.45) is 0. The van der Waals surface area contributed by atoms with Gasteiger partial charge in [0.25, 0.3) is 0 Å². The van der Waals surface area contributed by atoms with Crippen LogP contribution in [0.3, 0.4) is 0 Å². The molecule has 2 N–H and O–H groups in total. The summed E-state index contributed by atoms with van der Waals surface area (Å²) in [6.45, 7) is 7.55. The van der Waals surface area contributed by atoms with E-state index in [9.17, 15) is 5.11 Å². The zero-order valence-corrected chi connectivity index (χ0v) is 17.3. The summed E-state index contributed by atoms with van der Waals surface area (Å²) in [6, 6.07) is 15.4. The quantitative estimate of drug-likeness (QED) is 0.404. The number of benzene rings is 3. The van der Waals surface area contributed by atoms with E-state index in [0.29, 0.717) is 34.4 Å². The standard InChI is InChI=1S/C23H22N6O/c1-13-10-17-12-14(2)21(29-28-18-8-6-5-7-9-18)22(30)20(17)19(11-13)27-23-25-15(3)24-16(4)26-23/h5-12,30H,1-4H3,(H,24,25,26,27). The van der Waals surface area contributed by atoms with Gasteiger partial charge in [-0.1, -0.05) is 24.3 Å². The van der Waals surface area contributed by atoms with Crippen LogP contribution < -0.4 is 5.32 Å². The van der Waals surface area contributed by atoms with Crippen molar-refractivity contribution >= 4 is 33.8 Å². The van der Waals surface area contributed by atoms with Crippen LogP contribution in [0.4, 0.5) is 23.0 Å². The van der Waals surface area contributed by atoms with Gasteiger partial charge in [0.05, 0.1) is 11.4 Å². The molecular weight excluding hydrogens is 376 g/mol. The van der Waals surface area contributed by atoms with Crippen molar-refractivity contribution < 1.29 is 5.11 Å². The number of fused-ring (bicyclic) bond motifs is 1. The van der Waals surface area contributed by atoms with Crippen molar-refractivity contribution in [2.75, 3.05) is 5.32 Å². The molecular formula is C23H22N6O. The predicted molar refractivity (Wildman–Crippen MR) is 118 cm³/mol. The van der Waals surface area contributed by atoms with Crippen molar-refractivity contribution in [3.8, 4) is 5.75 Å². The second-order valence-corrected chi connectivity index (χ2v) is 7.22. The van der Waals surface area contributed by atoms with Crippen LogP contribution in [-0.2, 0) is 0 Å². The van der Waals surface area contributed by atoms with Gasteiger partial charge in [-0.2, -0.15) is 15.1 Å². The number of hydrogen-bond acceptors (Lipinski definition) is 7. The molecule has 0 saturated heterocycles. The van der Waals surface area contributed by atoms with Crippen molar-refractivity contribution in [2.24, 2.45) is 10.2 Å². The highest BCUT2D eigenvalue weighted by Gasteiger charge is 2.15. The van der Waals surface area contributed by atoms with Gasteiger partial charge in [0.1, 0.15) is 17.3 Å². The molecule has 0 saturated carbocycles. The van der Waals surface area contributed by atoms with Crippen molar-refractivity contribution in [2.45, 2.75) is 27.7 Å². The van der Waals surface area contributed by atoms with E-state index in [0.717, 1.165) is 22.2 Å². The molecule has 0 fully saturated rings. The topological polar surface area (TPSA) is 95.7 Å². The minimum Gasteiger partial charge on any atom is -0.505 e. The normalized spacial score (nSPS) is 11.3. The van der Waals surface area contributed by atoms with Gasteiger partial charge in [-0.05, 0) is 68.5 Å². The number of aromatic nitrogens is 3. The summed E-state index contributed by atoms with van der Waals surface area (Å²) in [5.74, 6) is 1.74. The summed E-state index contributed by atoms with van der Waals surface area (Å²) < 4.78 is 0. The van der Waals surface area contributed by atoms with Crippen molar-refractivity contribution in [1.82, 2.24) is 15.0 Å². The molecule has 0 aliphatic heterocycles. The lowest BCUT2D eigenvalue weighted by molar-refractivity contribution is 0.482. The molecule has 7 nitrogen and oxygen atoms in total. The molecule has 30 heavy (non-hydrogen) atoms. The Morgan fingerprint density at radius 1 is 0.833 bits per heavy atom. The third kappa shape index (κ3) is 3.96. The lowest BCUT2D eigenvalue weighted by Crippen LogP contribution is -2.03. The zero-order valence-electron chi connectivity index (χ0n) is 17.3. The number of nitrogens with one attached hydrogen (secondary N) is 1. The van der Waals surface area contributed by atoms with Gasteiger partial charge in [-0.25, -0.2) is 4.98 Å². The highest BCUT2D eigenvalue weighted by atomic mass is 16.3. The van der Waals surface area contributed by atoms with E-state index in [-0.39, 0.29) is 5.75 Å². The number of hydrogen-bond donors (Lipinski definition) is 2. The highest BCUT2D eigenvalue weighted by molar-refractivity contribution is 6.03. The van der Waals surface area contributed by atoms with Crippen LogP contribution in [0, 0.1) is 27.7 Å². The van der Waals surface area contributed by atoms with Gasteiger partial charge in [0.2, 0.25) is 5.95 Å². The SMILES string of the molecule is Cc1cc(Nc2nc(C)nc(C)n2)c2c(O)c(N=Nc3ccccc3)c(C)cc2c1. The maximum absolute atomic E-state index is 11.1. The monoisotopic (exact) mass is 398 g/mol. The van der Waals surface area contributed by atoms with Crippen molar-refractivity contribution in [3.05, 3.63) is 71.3 Å². The van der Waals surface area contributed by atoms with Gasteiger partial charge < -0.3 is 10.4 Å². The minimum atomic E-state index is 0.0645. The number of nitrogens with zero attached hydrogens (tertiary/aromatic N) is 5. The molecule has 0 unspecified atom stereocenters. The number of phenolic OH excluding ortho intramolecular Hbond substituents is 1. The Labute approximate surface area is 174 Å². The van der Waals surface area contributed by atoms with Crippen molar-refractivity contribution in [3.63, 3.8) is 0 Å². The Bertz CT molecular complexity index is 1250. The highest BCUT2D eigenvalue weighted by Crippen LogP contribution is 2.43. The number of rotatable bonds is 4. The van der Waals surface area contributed by atoms with Gasteiger partial charge in [-0.15, -0.1) is 5.11 Å². The van der Waals surface area contributed by atoms with Gasteiger partial charge in [-0.3, -0.25) is 0 Å². The minimum absolute atomic E-state index is 0.0645. The first-order chi connectivity index (χ1) is 14.4. The first kappa shape index (κ1) is 19.4. The van der Waals surface area contributed by atoms with E-state index in [1.54, 1.807) is 0 Å². The van der Waals surface area contributed by atoms with E-state index in [1.165, 1.54) is 0 Å². The maximum atomic E-state index is 11.1. The summed E-state index contributed by atoms with van der Waals surface area (Å²) in [4.78, 5) is 12.9. The lowest BCUT2D eigenvalue weighted by Gasteiger charge is -2.14. The summed E-state index contributed by atoms with van der Waals surface area (Å²) in [7, 11) is 0. The molecule has 150 valence electrons. The molecule has 4 aromatic rings. The molecule has 0 atom stereocenters. The molecule has 4 rings (SSSR count). The molecule has 0 amide bonds. The first-order valence-electron chi connectivity index (χ1n) is 9.61. The number of aromatic hydroxyl groups is 1. The van der Waals surface area contributed by atoms with E-state index in [4.69, 9.17) is 0 Å². The van der Waals surface area contributed by atoms with Gasteiger partial charge >= 0.3 is 0 Å². The van der Waals surface area contributed by atoms with Gasteiger partial charge in [0, 0.05) is 5.39 Å². The first-order valence-corrected chi connectivity index (χ1v) is 9.61. The summed E-state index contributed by atoms with van der Waals surface area (Å²) >= 11 is 0. The van der Waals surface area contributed by atoms with Crippen LogP contribution in [0.15, 0.2) is 58.8 Å². The third-order valence-electron chi connectivity index (χ3n) is 4.65. The van der Waals surface area contributed by atoms with Crippen LogP contribution in [0.5, 0.6) is 5.75 Å². The summed E-state index contributed by atoms with van der Waals surface area (Å²) in [5.41, 5.74) is 3.73. The zero-order chi connectivity index (χ0) is 21.3. The largest absolute Gasteiger partial charge is 0.505 e. The second kappa shape index (κ2) is 7.87. The fourth-order valence-corrected chi connectivity index (χ4v) is 3.42. The van der Waals surface area contributed by atoms with Crippen LogP contribution >= 0.6 is 0 Å². The Kier molecular flexibility index (Phi) is 5.10. The maximum Gasteiger partial charge on any atom is 0.230 e. The molecule has 3 aromatic carbocycles. The van der Waals surface area contributed by atoms with E-state index in [2.05, 4.69) is 30.5 Å². The van der Waals surface area contributed by atoms with Crippen LogP contribution in [0.1, 0.15) is 22.8 Å². The van der Waals surface area contributed by atoms with Crippen LogP contribution in [0.2, 0.25) is 0 Å².